The number of rotatable bonds is 5. The number of carbonyl (C=O) groups is 1. The molecule has 1 fully saturated rings. The number of carboxylic acid groups (broad SMARTS) is 1. The third-order valence-electron chi connectivity index (χ3n) is 3.51. The van der Waals surface area contributed by atoms with Gasteiger partial charge in [0.05, 0.1) is 17.7 Å². The van der Waals surface area contributed by atoms with Crippen LogP contribution in [0, 0.1) is 11.3 Å². The van der Waals surface area contributed by atoms with Gasteiger partial charge in [-0.05, 0) is 24.5 Å². The molecule has 106 valence electrons. The summed E-state index contributed by atoms with van der Waals surface area (Å²) in [6.45, 7) is 2.27. The molecule has 0 radical (unpaired) electrons. The number of hydrogen-bond donors (Lipinski definition) is 1. The van der Waals surface area contributed by atoms with Crippen molar-refractivity contribution in [3.05, 3.63) is 35.4 Å². The van der Waals surface area contributed by atoms with Crippen LogP contribution in [0.25, 0.3) is 0 Å². The molecule has 20 heavy (non-hydrogen) atoms. The van der Waals surface area contributed by atoms with E-state index in [2.05, 4.69) is 11.0 Å². The molecular weight excluding hydrogens is 256 g/mol. The van der Waals surface area contributed by atoms with Crippen molar-refractivity contribution < 1.29 is 14.6 Å². The van der Waals surface area contributed by atoms with Crippen molar-refractivity contribution in [1.82, 2.24) is 4.90 Å². The highest BCUT2D eigenvalue weighted by molar-refractivity contribution is 5.68. The van der Waals surface area contributed by atoms with Gasteiger partial charge in [0.1, 0.15) is 6.61 Å². The van der Waals surface area contributed by atoms with E-state index in [1.807, 2.05) is 24.3 Å². The lowest BCUT2D eigenvalue weighted by atomic mass is 10.0. The van der Waals surface area contributed by atoms with Crippen molar-refractivity contribution in [2.75, 3.05) is 19.7 Å². The molecule has 0 unspecified atom stereocenters. The summed E-state index contributed by atoms with van der Waals surface area (Å²) in [5.41, 5.74) is 1.76. The fourth-order valence-electron chi connectivity index (χ4n) is 2.43. The van der Waals surface area contributed by atoms with Gasteiger partial charge in [0.25, 0.3) is 0 Å². The molecule has 1 aliphatic heterocycles. The lowest BCUT2D eigenvalue weighted by Gasteiger charge is -2.31. The molecule has 1 saturated heterocycles. The number of piperidine rings is 1. The van der Waals surface area contributed by atoms with Crippen molar-refractivity contribution in [2.45, 2.75) is 25.5 Å². The molecule has 0 atom stereocenters. The molecule has 0 amide bonds. The second-order valence-corrected chi connectivity index (χ2v) is 4.95. The van der Waals surface area contributed by atoms with Crippen LogP contribution < -0.4 is 0 Å². The van der Waals surface area contributed by atoms with Crippen LogP contribution in [0.2, 0.25) is 0 Å². The highest BCUT2D eigenvalue weighted by Gasteiger charge is 2.20. The summed E-state index contributed by atoms with van der Waals surface area (Å²) in [7, 11) is 0. The number of benzene rings is 1. The summed E-state index contributed by atoms with van der Waals surface area (Å²) >= 11 is 0. The minimum absolute atomic E-state index is 0.0357. The second-order valence-electron chi connectivity index (χ2n) is 4.95. The molecule has 5 nitrogen and oxygen atoms in total. The first-order valence-electron chi connectivity index (χ1n) is 6.73. The van der Waals surface area contributed by atoms with Gasteiger partial charge < -0.3 is 9.84 Å². The van der Waals surface area contributed by atoms with E-state index < -0.39 is 5.97 Å². The Labute approximate surface area is 118 Å². The second kappa shape index (κ2) is 7.04. The van der Waals surface area contributed by atoms with Gasteiger partial charge in [-0.25, -0.2) is 4.79 Å². The van der Waals surface area contributed by atoms with Gasteiger partial charge >= 0.3 is 5.97 Å². The topological polar surface area (TPSA) is 73.6 Å². The molecule has 0 aliphatic carbocycles. The first kappa shape index (κ1) is 14.5. The third kappa shape index (κ3) is 4.05. The van der Waals surface area contributed by atoms with Crippen LogP contribution in [0.3, 0.4) is 0 Å². The predicted molar refractivity (Wildman–Crippen MR) is 73.0 cm³/mol. The van der Waals surface area contributed by atoms with Crippen molar-refractivity contribution in [3.63, 3.8) is 0 Å². The Balaban J connectivity index is 1.83. The number of likely N-dealkylation sites (tertiary alicyclic amines) is 1. The highest BCUT2D eigenvalue weighted by Crippen LogP contribution is 2.17. The first-order chi connectivity index (χ1) is 9.69. The Bertz CT molecular complexity index is 502. The Morgan fingerprint density at radius 2 is 2.10 bits per heavy atom. The van der Waals surface area contributed by atoms with Gasteiger partial charge in [0.2, 0.25) is 0 Å². The third-order valence-corrected chi connectivity index (χ3v) is 3.51. The minimum Gasteiger partial charge on any atom is -0.480 e. The van der Waals surface area contributed by atoms with E-state index in [4.69, 9.17) is 15.1 Å². The lowest BCUT2D eigenvalue weighted by molar-refractivity contribution is -0.145. The zero-order valence-corrected chi connectivity index (χ0v) is 11.3. The quantitative estimate of drug-likeness (QED) is 0.883. The molecule has 5 heteroatoms. The van der Waals surface area contributed by atoms with Gasteiger partial charge in [-0.1, -0.05) is 18.2 Å². The first-order valence-corrected chi connectivity index (χ1v) is 6.73. The zero-order chi connectivity index (χ0) is 14.4. The molecule has 0 aromatic heterocycles. The molecule has 1 aromatic carbocycles. The Kier molecular flexibility index (Phi) is 5.10. The van der Waals surface area contributed by atoms with Gasteiger partial charge in [-0.3, -0.25) is 4.90 Å². The zero-order valence-electron chi connectivity index (χ0n) is 11.3. The van der Waals surface area contributed by atoms with Gasteiger partial charge in [0.15, 0.2) is 0 Å². The normalized spacial score (nSPS) is 16.8. The molecule has 0 bridgehead atoms. The van der Waals surface area contributed by atoms with Crippen LogP contribution in [0.5, 0.6) is 0 Å². The maximum absolute atomic E-state index is 10.5. The van der Waals surface area contributed by atoms with Crippen LogP contribution in [0.1, 0.15) is 24.0 Å². The van der Waals surface area contributed by atoms with Crippen LogP contribution >= 0.6 is 0 Å². The van der Waals surface area contributed by atoms with Crippen LogP contribution in [-0.4, -0.2) is 41.8 Å². The molecule has 1 aromatic rings. The van der Waals surface area contributed by atoms with Crippen LogP contribution in [-0.2, 0) is 16.1 Å². The minimum atomic E-state index is -0.921. The van der Waals surface area contributed by atoms with Crippen molar-refractivity contribution in [3.8, 4) is 6.07 Å². The Hall–Kier alpha value is -1.90. The van der Waals surface area contributed by atoms with E-state index in [-0.39, 0.29) is 12.7 Å². The molecule has 1 aliphatic rings. The summed E-state index contributed by atoms with van der Waals surface area (Å²) in [6, 6.07) is 9.83. The molecule has 2 rings (SSSR count). The van der Waals surface area contributed by atoms with Gasteiger partial charge in [-0.15, -0.1) is 0 Å². The highest BCUT2D eigenvalue weighted by atomic mass is 16.5. The smallest absolute Gasteiger partial charge is 0.329 e. The number of hydrogen-bond acceptors (Lipinski definition) is 4. The van der Waals surface area contributed by atoms with E-state index >= 15 is 0 Å². The molecule has 0 spiro atoms. The fraction of sp³-hybridized carbons (Fsp3) is 0.467. The molecular formula is C15H18N2O3. The number of nitrogens with zero attached hydrogens (tertiary/aromatic N) is 2. The number of nitriles is 1. The van der Waals surface area contributed by atoms with E-state index in [1.165, 1.54) is 0 Å². The van der Waals surface area contributed by atoms with Crippen molar-refractivity contribution >= 4 is 5.97 Å². The summed E-state index contributed by atoms with van der Waals surface area (Å²) in [6.07, 6.45) is 1.71. The maximum Gasteiger partial charge on any atom is 0.329 e. The summed E-state index contributed by atoms with van der Waals surface area (Å²) in [5.74, 6) is -0.921. The van der Waals surface area contributed by atoms with Crippen LogP contribution in [0.15, 0.2) is 24.3 Å². The fourth-order valence-corrected chi connectivity index (χ4v) is 2.43. The Morgan fingerprint density at radius 3 is 2.75 bits per heavy atom. The molecule has 1 heterocycles. The van der Waals surface area contributed by atoms with Crippen molar-refractivity contribution in [2.24, 2.45) is 0 Å². The summed E-state index contributed by atoms with van der Waals surface area (Å²) < 4.78 is 5.31. The van der Waals surface area contributed by atoms with E-state index in [1.54, 1.807) is 0 Å². The number of carboxylic acids is 1. The Morgan fingerprint density at radius 1 is 1.40 bits per heavy atom. The summed E-state index contributed by atoms with van der Waals surface area (Å²) in [5, 5.41) is 17.7. The van der Waals surface area contributed by atoms with Crippen molar-refractivity contribution in [1.29, 1.82) is 5.26 Å². The van der Waals surface area contributed by atoms with Gasteiger partial charge in [-0.2, -0.15) is 5.26 Å². The average molecular weight is 274 g/mol. The largest absolute Gasteiger partial charge is 0.480 e. The summed E-state index contributed by atoms with van der Waals surface area (Å²) in [4.78, 5) is 12.7. The SMILES string of the molecule is N#Cc1ccccc1CN1CCC(OCC(=O)O)CC1. The lowest BCUT2D eigenvalue weighted by Crippen LogP contribution is -2.37. The van der Waals surface area contributed by atoms with E-state index in [0.29, 0.717) is 0 Å². The van der Waals surface area contributed by atoms with E-state index in [0.717, 1.165) is 43.6 Å². The molecule has 0 saturated carbocycles. The maximum atomic E-state index is 10.5. The number of aliphatic carboxylic acids is 1. The van der Waals surface area contributed by atoms with Crippen LogP contribution in [0.4, 0.5) is 0 Å². The van der Waals surface area contributed by atoms with Gasteiger partial charge in [0, 0.05) is 19.6 Å². The standard InChI is InChI=1S/C15H18N2O3/c16-9-12-3-1-2-4-13(12)10-17-7-5-14(6-8-17)20-11-15(18)19/h1-4,14H,5-8,10-11H2,(H,18,19). The molecule has 1 N–H and O–H groups in total. The van der Waals surface area contributed by atoms with E-state index in [9.17, 15) is 4.79 Å². The monoisotopic (exact) mass is 274 g/mol. The average Bonchev–Trinajstić information content (AvgIpc) is 2.47. The number of ether oxygens (including phenoxy) is 1. The predicted octanol–water partition coefficient (Wildman–Crippen LogP) is 1.62.